The molecule has 0 saturated carbocycles. The maximum Gasteiger partial charge on any atom is 0.310 e. The minimum Gasteiger partial charge on any atom is -0.469 e. The van der Waals surface area contributed by atoms with Gasteiger partial charge in [0.2, 0.25) is 0 Å². The summed E-state index contributed by atoms with van der Waals surface area (Å²) in [6.45, 7) is 2.89. The Morgan fingerprint density at radius 1 is 1.29 bits per heavy atom. The number of ether oxygens (including phenoxy) is 1. The molecule has 1 amide bonds. The van der Waals surface area contributed by atoms with Crippen LogP contribution < -0.4 is 16.0 Å². The molecule has 1 atom stereocenters. The quantitative estimate of drug-likeness (QED) is 0.385. The van der Waals surface area contributed by atoms with Crippen LogP contribution in [0, 0.1) is 5.92 Å². The average molecular weight is 334 g/mol. The Hall–Kier alpha value is -2.57. The van der Waals surface area contributed by atoms with Gasteiger partial charge in [-0.05, 0) is 24.1 Å². The fourth-order valence-corrected chi connectivity index (χ4v) is 2.09. The van der Waals surface area contributed by atoms with E-state index in [0.717, 1.165) is 12.0 Å². The van der Waals surface area contributed by atoms with Crippen molar-refractivity contribution in [1.29, 1.82) is 0 Å². The molecule has 0 radical (unpaired) electrons. The zero-order chi connectivity index (χ0) is 17.9. The van der Waals surface area contributed by atoms with Crippen LogP contribution in [0.15, 0.2) is 29.3 Å². The van der Waals surface area contributed by atoms with Crippen molar-refractivity contribution >= 4 is 17.8 Å². The third-order valence-electron chi connectivity index (χ3n) is 3.53. The fourth-order valence-electron chi connectivity index (χ4n) is 2.09. The molecule has 0 aromatic heterocycles. The number of carbonyl (C=O) groups is 2. The second-order valence-corrected chi connectivity index (χ2v) is 5.33. The lowest BCUT2D eigenvalue weighted by Gasteiger charge is -2.14. The van der Waals surface area contributed by atoms with Crippen molar-refractivity contribution in [2.45, 2.75) is 13.3 Å². The van der Waals surface area contributed by atoms with Crippen LogP contribution in [0.2, 0.25) is 0 Å². The molecule has 0 aliphatic heterocycles. The molecular weight excluding hydrogens is 308 g/mol. The average Bonchev–Trinajstić information content (AvgIpc) is 2.62. The molecule has 7 heteroatoms. The molecule has 7 nitrogen and oxygen atoms in total. The largest absolute Gasteiger partial charge is 0.469 e. The number of benzene rings is 1. The molecule has 132 valence electrons. The van der Waals surface area contributed by atoms with Crippen LogP contribution >= 0.6 is 0 Å². The molecule has 0 heterocycles. The zero-order valence-corrected chi connectivity index (χ0v) is 14.7. The maximum absolute atomic E-state index is 11.6. The monoisotopic (exact) mass is 334 g/mol. The number of esters is 1. The number of hydrogen-bond donors (Lipinski definition) is 3. The van der Waals surface area contributed by atoms with E-state index < -0.39 is 0 Å². The smallest absolute Gasteiger partial charge is 0.310 e. The van der Waals surface area contributed by atoms with Crippen LogP contribution in [0.1, 0.15) is 22.8 Å². The number of carbonyl (C=O) groups excluding carboxylic acids is 2. The third-order valence-corrected chi connectivity index (χ3v) is 3.53. The molecule has 1 unspecified atom stereocenters. The van der Waals surface area contributed by atoms with Gasteiger partial charge in [0.1, 0.15) is 0 Å². The molecule has 3 N–H and O–H groups in total. The second kappa shape index (κ2) is 10.3. The summed E-state index contributed by atoms with van der Waals surface area (Å²) in [6, 6.07) is 7.50. The Morgan fingerprint density at radius 3 is 2.67 bits per heavy atom. The van der Waals surface area contributed by atoms with E-state index in [4.69, 9.17) is 0 Å². The Bertz CT molecular complexity index is 587. The predicted octanol–water partition coefficient (Wildman–Crippen LogP) is 0.563. The van der Waals surface area contributed by atoms with E-state index in [9.17, 15) is 9.59 Å². The van der Waals surface area contributed by atoms with Gasteiger partial charge in [-0.2, -0.15) is 0 Å². The van der Waals surface area contributed by atoms with Gasteiger partial charge in [-0.25, -0.2) is 0 Å². The summed E-state index contributed by atoms with van der Waals surface area (Å²) >= 11 is 0. The van der Waals surface area contributed by atoms with Gasteiger partial charge < -0.3 is 20.7 Å². The first-order chi connectivity index (χ1) is 11.5. The Morgan fingerprint density at radius 2 is 2.04 bits per heavy atom. The van der Waals surface area contributed by atoms with Crippen molar-refractivity contribution in [3.63, 3.8) is 0 Å². The fraction of sp³-hybridized carbons (Fsp3) is 0.471. The van der Waals surface area contributed by atoms with Crippen LogP contribution in [0.3, 0.4) is 0 Å². The maximum atomic E-state index is 11.6. The van der Waals surface area contributed by atoms with E-state index >= 15 is 0 Å². The normalized spacial score (nSPS) is 12.2. The van der Waals surface area contributed by atoms with Gasteiger partial charge in [0.15, 0.2) is 5.96 Å². The summed E-state index contributed by atoms with van der Waals surface area (Å²) in [5.41, 5.74) is 1.70. The number of methoxy groups -OCH3 is 1. The molecule has 1 rings (SSSR count). The van der Waals surface area contributed by atoms with Gasteiger partial charge >= 0.3 is 5.97 Å². The summed E-state index contributed by atoms with van der Waals surface area (Å²) in [4.78, 5) is 27.1. The van der Waals surface area contributed by atoms with Gasteiger partial charge in [-0.1, -0.05) is 19.1 Å². The minimum atomic E-state index is -0.260. The molecule has 24 heavy (non-hydrogen) atoms. The molecule has 0 spiro atoms. The predicted molar refractivity (Wildman–Crippen MR) is 94.1 cm³/mol. The van der Waals surface area contributed by atoms with E-state index in [-0.39, 0.29) is 17.8 Å². The number of amides is 1. The van der Waals surface area contributed by atoms with E-state index in [1.165, 1.54) is 7.11 Å². The van der Waals surface area contributed by atoms with Crippen molar-refractivity contribution in [3.8, 4) is 0 Å². The van der Waals surface area contributed by atoms with E-state index in [1.54, 1.807) is 27.1 Å². The number of nitrogens with one attached hydrogen (secondary N) is 3. The molecule has 0 fully saturated rings. The van der Waals surface area contributed by atoms with Crippen molar-refractivity contribution in [2.75, 3.05) is 34.3 Å². The first-order valence-corrected chi connectivity index (χ1v) is 7.85. The molecule has 0 aliphatic carbocycles. The molecule has 0 aliphatic rings. The zero-order valence-electron chi connectivity index (χ0n) is 14.7. The number of nitrogens with zero attached hydrogens (tertiary/aromatic N) is 1. The molecule has 1 aromatic carbocycles. The van der Waals surface area contributed by atoms with Gasteiger partial charge in [-0.3, -0.25) is 14.6 Å². The van der Waals surface area contributed by atoms with E-state index in [2.05, 4.69) is 25.7 Å². The van der Waals surface area contributed by atoms with Gasteiger partial charge in [0.25, 0.3) is 5.91 Å². The summed E-state index contributed by atoms with van der Waals surface area (Å²) in [5, 5.41) is 8.87. The Kier molecular flexibility index (Phi) is 8.32. The number of guanidine groups is 1. The summed E-state index contributed by atoms with van der Waals surface area (Å²) in [6.07, 6.45) is 0.748. The lowest BCUT2D eigenvalue weighted by molar-refractivity contribution is -0.144. The van der Waals surface area contributed by atoms with Gasteiger partial charge in [0, 0.05) is 32.7 Å². The van der Waals surface area contributed by atoms with Crippen molar-refractivity contribution in [2.24, 2.45) is 10.9 Å². The highest BCUT2D eigenvalue weighted by molar-refractivity contribution is 5.94. The summed E-state index contributed by atoms with van der Waals surface area (Å²) in [7, 11) is 4.66. The topological polar surface area (TPSA) is 91.8 Å². The Labute approximate surface area is 142 Å². The number of hydrogen-bond acceptors (Lipinski definition) is 4. The van der Waals surface area contributed by atoms with Crippen molar-refractivity contribution in [3.05, 3.63) is 35.4 Å². The van der Waals surface area contributed by atoms with E-state index in [1.807, 2.05) is 18.2 Å². The minimum absolute atomic E-state index is 0.0981. The van der Waals surface area contributed by atoms with Gasteiger partial charge in [-0.15, -0.1) is 0 Å². The number of rotatable bonds is 7. The standard InChI is InChI=1S/C17H26N4O3/c1-12(16(23)24-4)11-21-17(19-3)20-9-8-13-6-5-7-14(10-13)15(22)18-2/h5-7,10,12H,8-9,11H2,1-4H3,(H,18,22)(H2,19,20,21). The van der Waals surface area contributed by atoms with Crippen LogP contribution in [0.5, 0.6) is 0 Å². The third kappa shape index (κ3) is 6.28. The molecule has 1 aromatic rings. The first-order valence-electron chi connectivity index (χ1n) is 7.85. The highest BCUT2D eigenvalue weighted by atomic mass is 16.5. The highest BCUT2D eigenvalue weighted by Crippen LogP contribution is 2.05. The molecule has 0 bridgehead atoms. The van der Waals surface area contributed by atoms with Gasteiger partial charge in [0.05, 0.1) is 13.0 Å². The van der Waals surface area contributed by atoms with E-state index in [0.29, 0.717) is 24.6 Å². The lowest BCUT2D eigenvalue weighted by Crippen LogP contribution is -2.41. The lowest BCUT2D eigenvalue weighted by atomic mass is 10.1. The second-order valence-electron chi connectivity index (χ2n) is 5.33. The Balaban J connectivity index is 2.45. The molecular formula is C17H26N4O3. The summed E-state index contributed by atoms with van der Waals surface area (Å²) < 4.78 is 4.68. The van der Waals surface area contributed by atoms with Crippen molar-refractivity contribution < 1.29 is 14.3 Å². The van der Waals surface area contributed by atoms with Crippen LogP contribution in [0.4, 0.5) is 0 Å². The molecule has 0 saturated heterocycles. The van der Waals surface area contributed by atoms with Crippen LogP contribution in [0.25, 0.3) is 0 Å². The van der Waals surface area contributed by atoms with Crippen molar-refractivity contribution in [1.82, 2.24) is 16.0 Å². The van der Waals surface area contributed by atoms with Crippen LogP contribution in [-0.2, 0) is 16.0 Å². The first kappa shape index (κ1) is 19.5. The number of aliphatic imine (C=N–C) groups is 1. The van der Waals surface area contributed by atoms with Crippen LogP contribution in [-0.4, -0.2) is 52.1 Å². The summed E-state index contributed by atoms with van der Waals surface area (Å²) in [5.74, 6) is 0.00838. The SMILES string of the molecule is CN=C(NCCc1cccc(C(=O)NC)c1)NCC(C)C(=O)OC. The highest BCUT2D eigenvalue weighted by Gasteiger charge is 2.13.